The van der Waals surface area contributed by atoms with Crippen molar-refractivity contribution in [3.05, 3.63) is 44.3 Å². The molecule has 2 aromatic rings. The van der Waals surface area contributed by atoms with Crippen LogP contribution in [0.5, 0.6) is 5.75 Å². The predicted octanol–water partition coefficient (Wildman–Crippen LogP) is 4.70. The molecule has 2 rings (SSSR count). The first-order valence-corrected chi connectivity index (χ1v) is 10.6. The van der Waals surface area contributed by atoms with Gasteiger partial charge in [-0.05, 0) is 63.4 Å². The molecule has 0 bridgehead atoms. The van der Waals surface area contributed by atoms with Gasteiger partial charge in [0, 0.05) is 5.02 Å². The lowest BCUT2D eigenvalue weighted by Gasteiger charge is -2.10. The third-order valence-electron chi connectivity index (χ3n) is 4.12. The van der Waals surface area contributed by atoms with Gasteiger partial charge in [-0.1, -0.05) is 11.6 Å². The first-order valence-electron chi connectivity index (χ1n) is 9.36. The Kier molecular flexibility index (Phi) is 8.25. The minimum absolute atomic E-state index is 0.136. The van der Waals surface area contributed by atoms with Crippen molar-refractivity contribution in [2.75, 3.05) is 25.1 Å². The van der Waals surface area contributed by atoms with Gasteiger partial charge in [0.1, 0.15) is 15.6 Å². The summed E-state index contributed by atoms with van der Waals surface area (Å²) in [6.07, 6.45) is 0. The molecule has 7 nitrogen and oxygen atoms in total. The molecule has 0 saturated carbocycles. The van der Waals surface area contributed by atoms with E-state index in [1.54, 1.807) is 32.9 Å². The Bertz CT molecular complexity index is 946. The van der Waals surface area contributed by atoms with Crippen LogP contribution in [0.15, 0.2) is 12.1 Å². The summed E-state index contributed by atoms with van der Waals surface area (Å²) in [5.41, 5.74) is 2.21. The smallest absolute Gasteiger partial charge is 0.348 e. The van der Waals surface area contributed by atoms with E-state index in [0.29, 0.717) is 16.3 Å². The number of benzene rings is 1. The monoisotopic (exact) mass is 453 g/mol. The van der Waals surface area contributed by atoms with E-state index < -0.39 is 17.8 Å². The van der Waals surface area contributed by atoms with Crippen LogP contribution >= 0.6 is 22.9 Å². The van der Waals surface area contributed by atoms with Gasteiger partial charge >= 0.3 is 11.9 Å². The number of carbonyl (C=O) groups excluding carboxylic acids is 3. The number of aryl methyl sites for hydroxylation is 2. The highest BCUT2D eigenvalue weighted by Gasteiger charge is 2.27. The van der Waals surface area contributed by atoms with Gasteiger partial charge in [-0.3, -0.25) is 4.79 Å². The van der Waals surface area contributed by atoms with Crippen molar-refractivity contribution in [1.29, 1.82) is 0 Å². The van der Waals surface area contributed by atoms with Crippen LogP contribution in [-0.4, -0.2) is 37.7 Å². The van der Waals surface area contributed by atoms with Gasteiger partial charge in [-0.2, -0.15) is 0 Å². The second kappa shape index (κ2) is 10.4. The van der Waals surface area contributed by atoms with Gasteiger partial charge in [0.05, 0.1) is 18.8 Å². The van der Waals surface area contributed by atoms with E-state index in [0.717, 1.165) is 22.5 Å². The first-order chi connectivity index (χ1) is 14.2. The summed E-state index contributed by atoms with van der Waals surface area (Å²) in [5, 5.41) is 3.50. The van der Waals surface area contributed by atoms with Gasteiger partial charge < -0.3 is 19.5 Å². The maximum atomic E-state index is 12.4. The molecule has 0 radical (unpaired) electrons. The molecule has 1 aromatic carbocycles. The molecule has 0 aliphatic heterocycles. The third kappa shape index (κ3) is 5.52. The molecule has 0 spiro atoms. The van der Waals surface area contributed by atoms with E-state index in [9.17, 15) is 14.4 Å². The SMILES string of the molecule is CCOC(=O)c1sc(NC(=O)COc2cc(C)c(Cl)c(C)c2)c(C(=O)OCC)c1C. The van der Waals surface area contributed by atoms with E-state index in [1.165, 1.54) is 0 Å². The highest BCUT2D eigenvalue weighted by Crippen LogP contribution is 2.34. The number of thiophene rings is 1. The number of nitrogens with one attached hydrogen (secondary N) is 1. The predicted molar refractivity (Wildman–Crippen MR) is 116 cm³/mol. The number of anilines is 1. The van der Waals surface area contributed by atoms with Gasteiger partial charge in [0.15, 0.2) is 6.61 Å². The number of carbonyl (C=O) groups is 3. The standard InChI is InChI=1S/C21H24ClNO6S/c1-6-27-20(25)16-13(5)18(21(26)28-7-2)30-19(16)23-15(24)10-29-14-8-11(3)17(22)12(4)9-14/h8-9H,6-7,10H2,1-5H3,(H,23,24). The zero-order valence-electron chi connectivity index (χ0n) is 17.5. The zero-order valence-corrected chi connectivity index (χ0v) is 19.1. The second-order valence-corrected chi connectivity index (χ2v) is 7.81. The summed E-state index contributed by atoms with van der Waals surface area (Å²) in [7, 11) is 0. The van der Waals surface area contributed by atoms with Crippen LogP contribution in [0.25, 0.3) is 0 Å². The van der Waals surface area contributed by atoms with Crippen molar-refractivity contribution in [1.82, 2.24) is 0 Å². The Labute approximate surface area is 184 Å². The average molecular weight is 454 g/mol. The Morgan fingerprint density at radius 2 is 1.57 bits per heavy atom. The number of hydrogen-bond donors (Lipinski definition) is 1. The van der Waals surface area contributed by atoms with E-state index in [2.05, 4.69) is 5.32 Å². The summed E-state index contributed by atoms with van der Waals surface area (Å²) in [6.45, 7) is 8.74. The fourth-order valence-corrected chi connectivity index (χ4v) is 3.96. The van der Waals surface area contributed by atoms with E-state index in [-0.39, 0.29) is 35.3 Å². The molecule has 1 amide bonds. The summed E-state index contributed by atoms with van der Waals surface area (Å²) in [4.78, 5) is 37.3. The highest BCUT2D eigenvalue weighted by atomic mass is 35.5. The van der Waals surface area contributed by atoms with Gasteiger partial charge in [-0.15, -0.1) is 11.3 Å². The number of ether oxygens (including phenoxy) is 3. The van der Waals surface area contributed by atoms with Gasteiger partial charge in [0.25, 0.3) is 5.91 Å². The average Bonchev–Trinajstić information content (AvgIpc) is 3.00. The molecule has 1 N–H and O–H groups in total. The van der Waals surface area contributed by atoms with Crippen molar-refractivity contribution in [2.24, 2.45) is 0 Å². The minimum atomic E-state index is -0.623. The summed E-state index contributed by atoms with van der Waals surface area (Å²) >= 11 is 7.11. The Morgan fingerprint density at radius 1 is 1.00 bits per heavy atom. The summed E-state index contributed by atoms with van der Waals surface area (Å²) < 4.78 is 15.7. The minimum Gasteiger partial charge on any atom is -0.484 e. The molecule has 0 aliphatic carbocycles. The zero-order chi connectivity index (χ0) is 22.4. The van der Waals surface area contributed by atoms with Crippen LogP contribution in [0.4, 0.5) is 5.00 Å². The molecular weight excluding hydrogens is 430 g/mol. The largest absolute Gasteiger partial charge is 0.484 e. The first kappa shape index (κ1) is 23.7. The molecule has 0 saturated heterocycles. The molecule has 162 valence electrons. The van der Waals surface area contributed by atoms with Crippen molar-refractivity contribution >= 4 is 45.8 Å². The van der Waals surface area contributed by atoms with Crippen LogP contribution in [-0.2, 0) is 14.3 Å². The van der Waals surface area contributed by atoms with E-state index >= 15 is 0 Å². The maximum Gasteiger partial charge on any atom is 0.348 e. The van der Waals surface area contributed by atoms with E-state index in [1.807, 2.05) is 13.8 Å². The van der Waals surface area contributed by atoms with Crippen molar-refractivity contribution < 1.29 is 28.6 Å². The Morgan fingerprint density at radius 3 is 2.13 bits per heavy atom. The molecule has 0 atom stereocenters. The number of esters is 2. The molecule has 0 fully saturated rings. The lowest BCUT2D eigenvalue weighted by Crippen LogP contribution is -2.21. The number of rotatable bonds is 8. The van der Waals surface area contributed by atoms with Crippen LogP contribution in [0.1, 0.15) is 50.6 Å². The second-order valence-electron chi connectivity index (χ2n) is 6.41. The molecule has 0 unspecified atom stereocenters. The Balaban J connectivity index is 2.21. The molecule has 9 heteroatoms. The number of hydrogen-bond acceptors (Lipinski definition) is 7. The normalized spacial score (nSPS) is 10.5. The topological polar surface area (TPSA) is 90.9 Å². The molecule has 0 aliphatic rings. The van der Waals surface area contributed by atoms with E-state index in [4.69, 9.17) is 25.8 Å². The quantitative estimate of drug-likeness (QED) is 0.582. The van der Waals surface area contributed by atoms with Gasteiger partial charge in [0.2, 0.25) is 0 Å². The fraction of sp³-hybridized carbons (Fsp3) is 0.381. The summed E-state index contributed by atoms with van der Waals surface area (Å²) in [6, 6.07) is 3.47. The summed E-state index contributed by atoms with van der Waals surface area (Å²) in [5.74, 6) is -1.16. The van der Waals surface area contributed by atoms with Crippen molar-refractivity contribution in [3.63, 3.8) is 0 Å². The van der Waals surface area contributed by atoms with Crippen LogP contribution in [0.3, 0.4) is 0 Å². The lowest BCUT2D eigenvalue weighted by molar-refractivity contribution is -0.118. The highest BCUT2D eigenvalue weighted by molar-refractivity contribution is 7.18. The van der Waals surface area contributed by atoms with Crippen molar-refractivity contribution in [2.45, 2.75) is 34.6 Å². The van der Waals surface area contributed by atoms with Crippen LogP contribution < -0.4 is 10.1 Å². The number of amides is 1. The fourth-order valence-electron chi connectivity index (χ4n) is 2.74. The van der Waals surface area contributed by atoms with Crippen LogP contribution in [0.2, 0.25) is 5.02 Å². The van der Waals surface area contributed by atoms with Crippen LogP contribution in [0, 0.1) is 20.8 Å². The maximum absolute atomic E-state index is 12.4. The number of halogens is 1. The third-order valence-corrected chi connectivity index (χ3v) is 5.90. The van der Waals surface area contributed by atoms with Gasteiger partial charge in [-0.25, -0.2) is 9.59 Å². The molecule has 1 aromatic heterocycles. The lowest BCUT2D eigenvalue weighted by atomic mass is 10.1. The Hall–Kier alpha value is -2.58. The molecule has 30 heavy (non-hydrogen) atoms. The molecular formula is C21H24ClNO6S. The molecule has 1 heterocycles. The van der Waals surface area contributed by atoms with Crippen molar-refractivity contribution in [3.8, 4) is 5.75 Å².